The Morgan fingerprint density at radius 1 is 0.977 bits per heavy atom. The van der Waals surface area contributed by atoms with E-state index in [0.29, 0.717) is 17.9 Å². The third kappa shape index (κ3) is 7.52. The lowest BCUT2D eigenvalue weighted by Crippen LogP contribution is -2.53. The molecule has 13 heteroatoms. The van der Waals surface area contributed by atoms with Gasteiger partial charge in [-0.1, -0.05) is 36.2 Å². The number of sulfonamides is 1. The number of carbonyl (C=O) groups is 2. The second-order valence-corrected chi connectivity index (χ2v) is 12.8. The topological polar surface area (TPSA) is 105 Å². The Bertz CT molecular complexity index is 1570. The smallest absolute Gasteiger partial charge is 0.264 e. The second kappa shape index (κ2) is 13.8. The van der Waals surface area contributed by atoms with Crippen molar-refractivity contribution < 1.29 is 31.9 Å². The van der Waals surface area contributed by atoms with Crippen molar-refractivity contribution in [2.75, 3.05) is 24.1 Å². The molecule has 0 bridgehead atoms. The van der Waals surface area contributed by atoms with Crippen LogP contribution in [0.5, 0.6) is 11.5 Å². The van der Waals surface area contributed by atoms with Crippen molar-refractivity contribution in [2.24, 2.45) is 0 Å². The van der Waals surface area contributed by atoms with Crippen LogP contribution in [0.25, 0.3) is 0 Å². The van der Waals surface area contributed by atoms with E-state index in [9.17, 15) is 22.4 Å². The van der Waals surface area contributed by atoms with Crippen LogP contribution in [0.4, 0.5) is 10.1 Å². The predicted molar refractivity (Wildman–Crippen MR) is 163 cm³/mol. The highest BCUT2D eigenvalue weighted by molar-refractivity contribution is 7.92. The van der Waals surface area contributed by atoms with Crippen LogP contribution in [-0.2, 0) is 26.2 Å². The van der Waals surface area contributed by atoms with Crippen molar-refractivity contribution in [1.82, 2.24) is 10.2 Å². The summed E-state index contributed by atoms with van der Waals surface area (Å²) in [5, 5.41) is 3.38. The maximum atomic E-state index is 14.2. The first kappa shape index (κ1) is 32.4. The Morgan fingerprint density at radius 2 is 1.60 bits per heavy atom. The minimum atomic E-state index is -4.41. The molecule has 1 atom stereocenters. The Hall–Kier alpha value is -3.54. The van der Waals surface area contributed by atoms with Crippen molar-refractivity contribution >= 4 is 50.7 Å². The van der Waals surface area contributed by atoms with Gasteiger partial charge in [0.15, 0.2) is 11.5 Å². The number of fused-ring (bicyclic) bond motifs is 1. The molecule has 0 saturated heterocycles. The van der Waals surface area contributed by atoms with Crippen LogP contribution in [0, 0.1) is 5.82 Å². The normalized spacial score (nSPS) is 13.4. The Balaban J connectivity index is 1.77. The van der Waals surface area contributed by atoms with Gasteiger partial charge in [-0.15, -0.1) is 0 Å². The Morgan fingerprint density at radius 3 is 2.21 bits per heavy atom. The van der Waals surface area contributed by atoms with Gasteiger partial charge in [-0.2, -0.15) is 0 Å². The molecular formula is C30H32Cl2FN3O6S. The third-order valence-electron chi connectivity index (χ3n) is 6.70. The standard InChI is InChI=1S/C30H32Cl2FN3O6S/c1-4-26(30(38)34-19(2)3)35(17-23-24(31)6-5-7-25(23)32)29(37)18-36(21-10-8-20(33)9-11-21)43(39,40)22-12-13-27-28(16-22)42-15-14-41-27/h5-13,16,19,26H,4,14-15,17-18H2,1-3H3,(H,34,38). The number of carbonyl (C=O) groups excluding carboxylic acids is 2. The van der Waals surface area contributed by atoms with E-state index >= 15 is 0 Å². The molecule has 0 saturated carbocycles. The van der Waals surface area contributed by atoms with E-state index < -0.39 is 40.2 Å². The van der Waals surface area contributed by atoms with Gasteiger partial charge in [0.1, 0.15) is 31.6 Å². The quantitative estimate of drug-likeness (QED) is 0.296. The molecule has 0 aromatic heterocycles. The van der Waals surface area contributed by atoms with Gasteiger partial charge in [0, 0.05) is 34.3 Å². The molecular weight excluding hydrogens is 620 g/mol. The fourth-order valence-corrected chi connectivity index (χ4v) is 6.55. The maximum absolute atomic E-state index is 14.2. The van der Waals surface area contributed by atoms with Crippen molar-refractivity contribution in [2.45, 2.75) is 50.7 Å². The molecule has 1 aliphatic rings. The SMILES string of the molecule is CCC(C(=O)NC(C)C)N(Cc1c(Cl)cccc1Cl)C(=O)CN(c1ccc(F)cc1)S(=O)(=O)c1ccc2c(c1)OCCO2. The van der Waals surface area contributed by atoms with Crippen molar-refractivity contribution in [3.63, 3.8) is 0 Å². The number of halogens is 3. The monoisotopic (exact) mass is 651 g/mol. The highest BCUT2D eigenvalue weighted by atomic mass is 35.5. The summed E-state index contributed by atoms with van der Waals surface area (Å²) in [5.41, 5.74) is 0.443. The fourth-order valence-electron chi connectivity index (χ4n) is 4.60. The summed E-state index contributed by atoms with van der Waals surface area (Å²) in [4.78, 5) is 28.5. The van der Waals surface area contributed by atoms with Crippen LogP contribution in [0.15, 0.2) is 65.6 Å². The average Bonchev–Trinajstić information content (AvgIpc) is 2.97. The molecule has 1 N–H and O–H groups in total. The fraction of sp³-hybridized carbons (Fsp3) is 0.333. The number of nitrogens with one attached hydrogen (secondary N) is 1. The summed E-state index contributed by atoms with van der Waals surface area (Å²) in [6.45, 7) is 5.01. The molecule has 230 valence electrons. The van der Waals surface area contributed by atoms with Crippen LogP contribution >= 0.6 is 23.2 Å². The first-order valence-electron chi connectivity index (χ1n) is 13.6. The number of rotatable bonds is 11. The minimum absolute atomic E-state index is 0.0417. The number of benzene rings is 3. The van der Waals surface area contributed by atoms with Gasteiger partial charge in [-0.25, -0.2) is 12.8 Å². The van der Waals surface area contributed by atoms with Crippen LogP contribution in [0.2, 0.25) is 10.0 Å². The first-order chi connectivity index (χ1) is 20.4. The molecule has 2 amide bonds. The molecule has 3 aromatic rings. The van der Waals surface area contributed by atoms with Crippen LogP contribution in [-0.4, -0.2) is 57.0 Å². The molecule has 1 aliphatic heterocycles. The first-order valence-corrected chi connectivity index (χ1v) is 15.8. The molecule has 1 heterocycles. The van der Waals surface area contributed by atoms with E-state index in [2.05, 4.69) is 5.32 Å². The van der Waals surface area contributed by atoms with E-state index in [-0.39, 0.29) is 52.0 Å². The van der Waals surface area contributed by atoms with Crippen LogP contribution < -0.4 is 19.1 Å². The van der Waals surface area contributed by atoms with Gasteiger partial charge in [-0.3, -0.25) is 13.9 Å². The molecule has 9 nitrogen and oxygen atoms in total. The zero-order chi connectivity index (χ0) is 31.3. The van der Waals surface area contributed by atoms with E-state index in [1.807, 2.05) is 0 Å². The number of ether oxygens (including phenoxy) is 2. The summed E-state index contributed by atoms with van der Waals surface area (Å²) >= 11 is 12.9. The highest BCUT2D eigenvalue weighted by Gasteiger charge is 2.35. The number of hydrogen-bond acceptors (Lipinski definition) is 6. The lowest BCUT2D eigenvalue weighted by atomic mass is 10.1. The molecule has 0 aliphatic carbocycles. The molecule has 0 spiro atoms. The number of hydrogen-bond donors (Lipinski definition) is 1. The van der Waals surface area contributed by atoms with E-state index in [0.717, 1.165) is 16.4 Å². The zero-order valence-corrected chi connectivity index (χ0v) is 26.2. The average molecular weight is 653 g/mol. The Kier molecular flexibility index (Phi) is 10.4. The molecule has 43 heavy (non-hydrogen) atoms. The van der Waals surface area contributed by atoms with E-state index in [1.54, 1.807) is 39.0 Å². The molecule has 1 unspecified atom stereocenters. The lowest BCUT2D eigenvalue weighted by Gasteiger charge is -2.34. The van der Waals surface area contributed by atoms with Crippen molar-refractivity contribution in [1.29, 1.82) is 0 Å². The van der Waals surface area contributed by atoms with Gasteiger partial charge in [0.25, 0.3) is 10.0 Å². The summed E-state index contributed by atoms with van der Waals surface area (Å²) in [6.07, 6.45) is 0.220. The van der Waals surface area contributed by atoms with Gasteiger partial charge < -0.3 is 19.7 Å². The summed E-state index contributed by atoms with van der Waals surface area (Å²) in [6, 6.07) is 12.5. The zero-order valence-electron chi connectivity index (χ0n) is 23.8. The third-order valence-corrected chi connectivity index (χ3v) is 9.18. The van der Waals surface area contributed by atoms with Crippen molar-refractivity contribution in [3.8, 4) is 11.5 Å². The highest BCUT2D eigenvalue weighted by Crippen LogP contribution is 2.35. The molecule has 0 radical (unpaired) electrons. The maximum Gasteiger partial charge on any atom is 0.264 e. The molecule has 3 aromatic carbocycles. The number of anilines is 1. The summed E-state index contributed by atoms with van der Waals surface area (Å²) in [7, 11) is -4.41. The van der Waals surface area contributed by atoms with Gasteiger partial charge >= 0.3 is 0 Å². The second-order valence-electron chi connectivity index (χ2n) is 10.1. The summed E-state index contributed by atoms with van der Waals surface area (Å²) in [5.74, 6) is -1.08. The summed E-state index contributed by atoms with van der Waals surface area (Å²) < 4.78 is 54.0. The molecule has 0 fully saturated rings. The Labute approximate surface area is 260 Å². The van der Waals surface area contributed by atoms with Crippen molar-refractivity contribution in [3.05, 3.63) is 82.1 Å². The lowest BCUT2D eigenvalue weighted by molar-refractivity contribution is -0.140. The van der Waals surface area contributed by atoms with E-state index in [1.165, 1.54) is 35.2 Å². The van der Waals surface area contributed by atoms with Gasteiger partial charge in [0.05, 0.1) is 10.6 Å². The number of nitrogens with zero attached hydrogens (tertiary/aromatic N) is 2. The molecule has 4 rings (SSSR count). The van der Waals surface area contributed by atoms with Crippen LogP contribution in [0.1, 0.15) is 32.8 Å². The largest absolute Gasteiger partial charge is 0.486 e. The predicted octanol–water partition coefficient (Wildman–Crippen LogP) is 5.43. The van der Waals surface area contributed by atoms with Gasteiger partial charge in [0.2, 0.25) is 11.8 Å². The van der Waals surface area contributed by atoms with E-state index in [4.69, 9.17) is 32.7 Å². The number of amides is 2. The van der Waals surface area contributed by atoms with Crippen LogP contribution in [0.3, 0.4) is 0 Å². The minimum Gasteiger partial charge on any atom is -0.486 e. The van der Waals surface area contributed by atoms with Gasteiger partial charge in [-0.05, 0) is 68.8 Å².